The molecule has 1 heterocycles. The molecule has 1 atom stereocenters. The van der Waals surface area contributed by atoms with Gasteiger partial charge in [0.05, 0.1) is 4.99 Å². The average Bonchev–Trinajstić information content (AvgIpc) is 2.29. The Morgan fingerprint density at radius 2 is 2.00 bits per heavy atom. The Labute approximate surface area is 115 Å². The number of piperidine rings is 1. The number of nitrogens with two attached hydrogens (primary N) is 1. The Hall–Kier alpha value is -0.240. The molecule has 1 rings (SSSR count). The molecule has 0 bridgehead atoms. The van der Waals surface area contributed by atoms with E-state index in [9.17, 15) is 8.42 Å². The first-order valence-electron chi connectivity index (χ1n) is 6.26. The lowest BCUT2D eigenvalue weighted by Crippen LogP contribution is -2.47. The van der Waals surface area contributed by atoms with Crippen molar-refractivity contribution in [1.82, 2.24) is 8.61 Å². The summed E-state index contributed by atoms with van der Waals surface area (Å²) in [6, 6.07) is 0. The van der Waals surface area contributed by atoms with Crippen LogP contribution in [0.3, 0.4) is 0 Å². The SMILES string of the molecule is CC1CCN(S(=O)(=O)N(C)CC(C)C(N)=S)CC1. The fourth-order valence-electron chi connectivity index (χ4n) is 1.98. The van der Waals surface area contributed by atoms with Gasteiger partial charge < -0.3 is 5.73 Å². The lowest BCUT2D eigenvalue weighted by atomic mass is 10.0. The highest BCUT2D eigenvalue weighted by atomic mass is 32.2. The van der Waals surface area contributed by atoms with Crippen LogP contribution in [0.5, 0.6) is 0 Å². The largest absolute Gasteiger partial charge is 0.393 e. The van der Waals surface area contributed by atoms with Gasteiger partial charge in [0.15, 0.2) is 0 Å². The zero-order valence-corrected chi connectivity index (χ0v) is 12.9. The third-order valence-electron chi connectivity index (χ3n) is 3.48. The molecule has 0 aromatic heterocycles. The molecule has 0 spiro atoms. The molecule has 0 amide bonds. The maximum absolute atomic E-state index is 12.3. The van der Waals surface area contributed by atoms with E-state index in [4.69, 9.17) is 18.0 Å². The second kappa shape index (κ2) is 6.27. The fourth-order valence-corrected chi connectivity index (χ4v) is 3.54. The van der Waals surface area contributed by atoms with Crippen LogP contribution in [0.2, 0.25) is 0 Å². The number of rotatable bonds is 5. The first-order chi connectivity index (χ1) is 8.25. The Morgan fingerprint density at radius 1 is 1.50 bits per heavy atom. The summed E-state index contributed by atoms with van der Waals surface area (Å²) in [7, 11) is -1.78. The summed E-state index contributed by atoms with van der Waals surface area (Å²) in [5, 5.41) is 0. The van der Waals surface area contributed by atoms with Crippen LogP contribution >= 0.6 is 12.2 Å². The number of hydrogen-bond donors (Lipinski definition) is 1. The van der Waals surface area contributed by atoms with Crippen LogP contribution < -0.4 is 5.73 Å². The van der Waals surface area contributed by atoms with Crippen molar-refractivity contribution in [2.75, 3.05) is 26.7 Å². The Kier molecular flexibility index (Phi) is 5.51. The topological polar surface area (TPSA) is 66.6 Å². The standard InChI is InChI=1S/C11H23N3O2S2/c1-9-4-6-14(7-5-9)18(15,16)13(3)8-10(2)11(12)17/h9-10H,4-8H2,1-3H3,(H2,12,17). The van der Waals surface area contributed by atoms with Crippen molar-refractivity contribution in [3.05, 3.63) is 0 Å². The van der Waals surface area contributed by atoms with Gasteiger partial charge in [-0.1, -0.05) is 26.1 Å². The Bertz CT molecular complexity index is 389. The predicted molar refractivity (Wildman–Crippen MR) is 77.5 cm³/mol. The predicted octanol–water partition coefficient (Wildman–Crippen LogP) is 0.817. The molecule has 1 aliphatic rings. The number of nitrogens with zero attached hydrogens (tertiary/aromatic N) is 2. The van der Waals surface area contributed by atoms with E-state index in [2.05, 4.69) is 6.92 Å². The van der Waals surface area contributed by atoms with Crippen molar-refractivity contribution in [3.63, 3.8) is 0 Å². The highest BCUT2D eigenvalue weighted by molar-refractivity contribution is 7.86. The van der Waals surface area contributed by atoms with Crippen molar-refractivity contribution < 1.29 is 8.42 Å². The smallest absolute Gasteiger partial charge is 0.281 e. The molecule has 1 aliphatic heterocycles. The van der Waals surface area contributed by atoms with Crippen molar-refractivity contribution >= 4 is 27.4 Å². The fraction of sp³-hybridized carbons (Fsp3) is 0.909. The van der Waals surface area contributed by atoms with Gasteiger partial charge in [0, 0.05) is 32.6 Å². The minimum absolute atomic E-state index is 0.108. The second-order valence-electron chi connectivity index (χ2n) is 5.17. The molecule has 0 radical (unpaired) electrons. The van der Waals surface area contributed by atoms with Gasteiger partial charge >= 0.3 is 0 Å². The zero-order valence-electron chi connectivity index (χ0n) is 11.3. The molecule has 0 aromatic carbocycles. The molecule has 18 heavy (non-hydrogen) atoms. The van der Waals surface area contributed by atoms with Crippen molar-refractivity contribution in [3.8, 4) is 0 Å². The van der Waals surface area contributed by atoms with E-state index in [-0.39, 0.29) is 5.92 Å². The summed E-state index contributed by atoms with van der Waals surface area (Å²) < 4.78 is 27.5. The lowest BCUT2D eigenvalue weighted by Gasteiger charge is -2.33. The molecule has 5 nitrogen and oxygen atoms in total. The van der Waals surface area contributed by atoms with Gasteiger partial charge in [-0.25, -0.2) is 0 Å². The van der Waals surface area contributed by atoms with Gasteiger partial charge in [0.25, 0.3) is 10.2 Å². The van der Waals surface area contributed by atoms with Crippen LogP contribution in [-0.2, 0) is 10.2 Å². The summed E-state index contributed by atoms with van der Waals surface area (Å²) in [6.45, 7) is 5.55. The van der Waals surface area contributed by atoms with Crippen LogP contribution in [0.4, 0.5) is 0 Å². The van der Waals surface area contributed by atoms with E-state index in [0.29, 0.717) is 30.5 Å². The van der Waals surface area contributed by atoms with E-state index in [1.54, 1.807) is 11.4 Å². The van der Waals surface area contributed by atoms with E-state index in [1.807, 2.05) is 6.92 Å². The molecule has 0 aliphatic carbocycles. The van der Waals surface area contributed by atoms with Crippen LogP contribution in [0.1, 0.15) is 26.7 Å². The Balaban J connectivity index is 2.65. The van der Waals surface area contributed by atoms with Gasteiger partial charge in [-0.15, -0.1) is 0 Å². The minimum Gasteiger partial charge on any atom is -0.393 e. The summed E-state index contributed by atoms with van der Waals surface area (Å²) in [6.07, 6.45) is 1.86. The number of hydrogen-bond acceptors (Lipinski definition) is 3. The molecule has 106 valence electrons. The second-order valence-corrected chi connectivity index (χ2v) is 7.68. The average molecular weight is 293 g/mol. The molecule has 1 fully saturated rings. The van der Waals surface area contributed by atoms with Crippen LogP contribution in [0.15, 0.2) is 0 Å². The molecule has 1 unspecified atom stereocenters. The van der Waals surface area contributed by atoms with Crippen LogP contribution in [0.25, 0.3) is 0 Å². The third-order valence-corrected chi connectivity index (χ3v) is 5.84. The molecule has 0 saturated carbocycles. The van der Waals surface area contributed by atoms with E-state index >= 15 is 0 Å². The quantitative estimate of drug-likeness (QED) is 0.762. The molecule has 0 aromatic rings. The van der Waals surface area contributed by atoms with Gasteiger partial charge in [-0.2, -0.15) is 17.0 Å². The van der Waals surface area contributed by atoms with Crippen LogP contribution in [-0.4, -0.2) is 48.7 Å². The summed E-state index contributed by atoms with van der Waals surface area (Å²) in [5.41, 5.74) is 5.52. The van der Waals surface area contributed by atoms with Crippen molar-refractivity contribution in [2.24, 2.45) is 17.6 Å². The highest BCUT2D eigenvalue weighted by Crippen LogP contribution is 2.20. The molecule has 7 heteroatoms. The van der Waals surface area contributed by atoms with E-state index in [1.165, 1.54) is 4.31 Å². The van der Waals surface area contributed by atoms with E-state index < -0.39 is 10.2 Å². The summed E-state index contributed by atoms with van der Waals surface area (Å²) >= 11 is 4.87. The van der Waals surface area contributed by atoms with E-state index in [0.717, 1.165) is 12.8 Å². The zero-order chi connectivity index (χ0) is 13.9. The third kappa shape index (κ3) is 3.88. The molecule has 2 N–H and O–H groups in total. The number of thiocarbonyl (C=S) groups is 1. The van der Waals surface area contributed by atoms with Gasteiger partial charge in [-0.3, -0.25) is 0 Å². The van der Waals surface area contributed by atoms with Gasteiger partial charge in [-0.05, 0) is 18.8 Å². The summed E-state index contributed by atoms with van der Waals surface area (Å²) in [5.74, 6) is 0.501. The highest BCUT2D eigenvalue weighted by Gasteiger charge is 2.30. The monoisotopic (exact) mass is 293 g/mol. The summed E-state index contributed by atoms with van der Waals surface area (Å²) in [4.78, 5) is 0.351. The first-order valence-corrected chi connectivity index (χ1v) is 8.06. The Morgan fingerprint density at radius 3 is 2.44 bits per heavy atom. The lowest BCUT2D eigenvalue weighted by molar-refractivity contribution is 0.269. The van der Waals surface area contributed by atoms with Gasteiger partial charge in [0.2, 0.25) is 0 Å². The normalized spacial score (nSPS) is 21.1. The maximum Gasteiger partial charge on any atom is 0.281 e. The van der Waals surface area contributed by atoms with Crippen molar-refractivity contribution in [2.45, 2.75) is 26.7 Å². The van der Waals surface area contributed by atoms with Crippen molar-refractivity contribution in [1.29, 1.82) is 0 Å². The molecular formula is C11H23N3O2S2. The maximum atomic E-state index is 12.3. The molecule has 1 saturated heterocycles. The van der Waals surface area contributed by atoms with Gasteiger partial charge in [0.1, 0.15) is 0 Å². The minimum atomic E-state index is -3.36. The first kappa shape index (κ1) is 15.8. The molecular weight excluding hydrogens is 270 g/mol. The van der Waals surface area contributed by atoms with Crippen LogP contribution in [0, 0.1) is 11.8 Å².